The molecule has 1 aromatic heterocycles. The number of nitrogens with zero attached hydrogens (tertiary/aromatic N) is 2. The first-order valence-corrected chi connectivity index (χ1v) is 4.75. The number of hydrogen-bond acceptors (Lipinski definition) is 1. The van der Waals surface area contributed by atoms with E-state index in [1.807, 2.05) is 24.4 Å². The second-order valence-corrected chi connectivity index (χ2v) is 3.93. The van der Waals surface area contributed by atoms with E-state index < -0.39 is 0 Å². The van der Waals surface area contributed by atoms with Crippen molar-refractivity contribution in [3.05, 3.63) is 33.9 Å². The lowest BCUT2D eigenvalue weighted by Crippen LogP contribution is -1.82. The minimum absolute atomic E-state index is 0.595. The van der Waals surface area contributed by atoms with Crippen molar-refractivity contribution in [1.29, 1.82) is 5.26 Å². The summed E-state index contributed by atoms with van der Waals surface area (Å²) in [6.45, 7) is 0. The van der Waals surface area contributed by atoms with Crippen LogP contribution in [-0.4, -0.2) is 4.57 Å². The number of rotatable bonds is 0. The first-order valence-electron chi connectivity index (χ1n) is 3.58. The van der Waals surface area contributed by atoms with E-state index in [0.717, 1.165) is 15.4 Å². The average Bonchev–Trinajstić information content (AvgIpc) is 2.43. The van der Waals surface area contributed by atoms with E-state index in [1.165, 1.54) is 4.57 Å². The van der Waals surface area contributed by atoms with Crippen molar-refractivity contribution < 1.29 is 0 Å². The van der Waals surface area contributed by atoms with Gasteiger partial charge >= 0.3 is 0 Å². The second-order valence-electron chi connectivity index (χ2n) is 2.61. The van der Waals surface area contributed by atoms with E-state index in [4.69, 9.17) is 16.9 Å². The van der Waals surface area contributed by atoms with E-state index in [2.05, 4.69) is 15.9 Å². The number of fused-ring (bicyclic) bond motifs is 1. The van der Waals surface area contributed by atoms with Gasteiger partial charge < -0.3 is 0 Å². The molecule has 2 nitrogen and oxygen atoms in total. The summed E-state index contributed by atoms with van der Waals surface area (Å²) in [6, 6.07) is 5.63. The highest BCUT2D eigenvalue weighted by molar-refractivity contribution is 9.10. The average molecular weight is 256 g/mol. The molecule has 0 unspecified atom stereocenters. The fourth-order valence-electron chi connectivity index (χ4n) is 1.24. The molecule has 0 aliphatic carbocycles. The first-order chi connectivity index (χ1) is 6.22. The van der Waals surface area contributed by atoms with Gasteiger partial charge in [-0.05, 0) is 18.2 Å². The van der Waals surface area contributed by atoms with Gasteiger partial charge in [-0.1, -0.05) is 27.5 Å². The van der Waals surface area contributed by atoms with Crippen molar-refractivity contribution in [2.75, 3.05) is 0 Å². The molecule has 0 N–H and O–H groups in total. The van der Waals surface area contributed by atoms with Gasteiger partial charge in [0.1, 0.15) is 0 Å². The topological polar surface area (TPSA) is 28.7 Å². The normalized spacial score (nSPS) is 10.2. The molecule has 2 aromatic rings. The van der Waals surface area contributed by atoms with Crippen molar-refractivity contribution in [3.63, 3.8) is 0 Å². The largest absolute Gasteiger partial charge is 0.253 e. The summed E-state index contributed by atoms with van der Waals surface area (Å²) < 4.78 is 2.40. The van der Waals surface area contributed by atoms with Crippen molar-refractivity contribution in [2.45, 2.75) is 0 Å². The van der Waals surface area contributed by atoms with Gasteiger partial charge in [-0.2, -0.15) is 5.26 Å². The lowest BCUT2D eigenvalue weighted by Gasteiger charge is -1.93. The lowest BCUT2D eigenvalue weighted by atomic mass is 10.2. The van der Waals surface area contributed by atoms with Gasteiger partial charge in [0.25, 0.3) is 0 Å². The maximum Gasteiger partial charge on any atom is 0.188 e. The van der Waals surface area contributed by atoms with Crippen LogP contribution >= 0.6 is 27.5 Å². The molecule has 64 valence electrons. The Morgan fingerprint density at radius 2 is 2.23 bits per heavy atom. The minimum atomic E-state index is 0.595. The molecule has 1 aromatic carbocycles. The molecule has 0 spiro atoms. The molecule has 0 aliphatic heterocycles. The van der Waals surface area contributed by atoms with Crippen molar-refractivity contribution >= 4 is 38.4 Å². The summed E-state index contributed by atoms with van der Waals surface area (Å²) in [5, 5.41) is 10.2. The van der Waals surface area contributed by atoms with Gasteiger partial charge in [-0.25, -0.2) is 0 Å². The molecule has 0 aliphatic rings. The number of nitriles is 1. The Morgan fingerprint density at radius 3 is 2.92 bits per heavy atom. The first kappa shape index (κ1) is 8.61. The zero-order chi connectivity index (χ0) is 9.42. The van der Waals surface area contributed by atoms with Crippen LogP contribution in [0.1, 0.15) is 0 Å². The highest BCUT2D eigenvalue weighted by Gasteiger charge is 2.05. The third-order valence-corrected chi connectivity index (χ3v) is 2.62. The van der Waals surface area contributed by atoms with E-state index in [9.17, 15) is 0 Å². The van der Waals surface area contributed by atoms with Gasteiger partial charge in [0.2, 0.25) is 0 Å². The second kappa shape index (κ2) is 3.06. The molecule has 0 saturated heterocycles. The van der Waals surface area contributed by atoms with Crippen LogP contribution in [0.4, 0.5) is 0 Å². The maximum absolute atomic E-state index is 8.76. The van der Waals surface area contributed by atoms with Crippen molar-refractivity contribution in [3.8, 4) is 6.19 Å². The summed E-state index contributed by atoms with van der Waals surface area (Å²) in [5.74, 6) is 0. The van der Waals surface area contributed by atoms with Gasteiger partial charge in [0, 0.05) is 16.1 Å². The Balaban J connectivity index is 2.90. The molecule has 0 atom stereocenters. The lowest BCUT2D eigenvalue weighted by molar-refractivity contribution is 1.15. The van der Waals surface area contributed by atoms with E-state index >= 15 is 0 Å². The molecule has 4 heteroatoms. The van der Waals surface area contributed by atoms with Crippen LogP contribution in [0.5, 0.6) is 0 Å². The van der Waals surface area contributed by atoms with Gasteiger partial charge in [-0.15, -0.1) is 0 Å². The standard InChI is InChI=1S/C9H4BrClN2/c10-6-1-2-9-7(3-6)8(11)4-13(9)5-12/h1-4H. The van der Waals surface area contributed by atoms with Crippen LogP contribution < -0.4 is 0 Å². The SMILES string of the molecule is N#Cn1cc(Cl)c2cc(Br)ccc21. The summed E-state index contributed by atoms with van der Waals surface area (Å²) >= 11 is 9.28. The van der Waals surface area contributed by atoms with E-state index in [1.54, 1.807) is 6.20 Å². The highest BCUT2D eigenvalue weighted by Crippen LogP contribution is 2.27. The molecule has 13 heavy (non-hydrogen) atoms. The van der Waals surface area contributed by atoms with Crippen LogP contribution in [0.2, 0.25) is 5.02 Å². The Morgan fingerprint density at radius 1 is 1.46 bits per heavy atom. The Bertz CT molecular complexity index is 510. The van der Waals surface area contributed by atoms with Gasteiger partial charge in [0.15, 0.2) is 6.19 Å². The van der Waals surface area contributed by atoms with Crippen LogP contribution in [0.25, 0.3) is 10.9 Å². The van der Waals surface area contributed by atoms with Crippen LogP contribution in [-0.2, 0) is 0 Å². The van der Waals surface area contributed by atoms with E-state index in [-0.39, 0.29) is 0 Å². The van der Waals surface area contributed by atoms with Crippen LogP contribution in [0.15, 0.2) is 28.9 Å². The molecule has 2 rings (SSSR count). The van der Waals surface area contributed by atoms with Crippen LogP contribution in [0, 0.1) is 11.5 Å². The van der Waals surface area contributed by atoms with Crippen molar-refractivity contribution in [2.24, 2.45) is 0 Å². The maximum atomic E-state index is 8.76. The highest BCUT2D eigenvalue weighted by atomic mass is 79.9. The van der Waals surface area contributed by atoms with Crippen LogP contribution in [0.3, 0.4) is 0 Å². The smallest absolute Gasteiger partial charge is 0.188 e. The number of hydrogen-bond donors (Lipinski definition) is 0. The van der Waals surface area contributed by atoms with Gasteiger partial charge in [-0.3, -0.25) is 4.57 Å². The minimum Gasteiger partial charge on any atom is -0.253 e. The molecule has 0 amide bonds. The zero-order valence-electron chi connectivity index (χ0n) is 6.46. The molecule has 0 radical (unpaired) electrons. The predicted molar refractivity (Wildman–Crippen MR) is 55.7 cm³/mol. The summed E-state index contributed by atoms with van der Waals surface area (Å²) in [5.41, 5.74) is 0.829. The number of benzene rings is 1. The molecule has 1 heterocycles. The number of aromatic nitrogens is 1. The fourth-order valence-corrected chi connectivity index (χ4v) is 1.85. The molecule has 0 fully saturated rings. The Kier molecular flexibility index (Phi) is 2.03. The van der Waals surface area contributed by atoms with Gasteiger partial charge in [0.05, 0.1) is 10.5 Å². The monoisotopic (exact) mass is 254 g/mol. The number of halogens is 2. The third kappa shape index (κ3) is 1.32. The third-order valence-electron chi connectivity index (χ3n) is 1.83. The summed E-state index contributed by atoms with van der Waals surface area (Å²) in [6.07, 6.45) is 3.64. The molecular formula is C9H4BrClN2. The molecule has 0 bridgehead atoms. The summed E-state index contributed by atoms with van der Waals surface area (Å²) in [4.78, 5) is 0. The van der Waals surface area contributed by atoms with E-state index in [0.29, 0.717) is 5.02 Å². The van der Waals surface area contributed by atoms with Crippen molar-refractivity contribution in [1.82, 2.24) is 4.57 Å². The zero-order valence-corrected chi connectivity index (χ0v) is 8.80. The Hall–Kier alpha value is -0.980. The molecular weight excluding hydrogens is 251 g/mol. The predicted octanol–water partition coefficient (Wildman–Crippen LogP) is 3.39. The quantitative estimate of drug-likeness (QED) is 0.709. The molecule has 0 saturated carbocycles. The fraction of sp³-hybridized carbons (Fsp3) is 0. The summed E-state index contributed by atoms with van der Waals surface area (Å²) in [7, 11) is 0. The Labute approximate surface area is 88.5 Å².